The van der Waals surface area contributed by atoms with Gasteiger partial charge in [0.05, 0.1) is 34.5 Å². The Kier molecular flexibility index (Phi) is 8.07. The van der Waals surface area contributed by atoms with Gasteiger partial charge in [-0.05, 0) is 82.5 Å². The van der Waals surface area contributed by atoms with Crippen LogP contribution in [0, 0.1) is 12.3 Å². The molecular weight excluding hydrogens is 590 g/mol. The van der Waals surface area contributed by atoms with Gasteiger partial charge in [-0.1, -0.05) is 18.2 Å². The highest BCUT2D eigenvalue weighted by Gasteiger charge is 2.36. The molecule has 232 valence electrons. The number of nitrogens with one attached hydrogen (secondary N) is 2. The summed E-state index contributed by atoms with van der Waals surface area (Å²) in [6, 6.07) is 16.5. The van der Waals surface area contributed by atoms with Crippen molar-refractivity contribution in [3.8, 4) is 11.5 Å². The third-order valence-corrected chi connectivity index (χ3v) is 9.18. The molecule has 2 aromatic heterocycles. The molecule has 2 aromatic carbocycles. The molecule has 10 nitrogen and oxygen atoms in total. The standard InChI is InChI=1S/C34H35N5O5S/c1-20-18-23(44-22-10-7-6-8-11-22)13-14-25(20)39-26-15-16-35-31-27(26)28(37-33(39)42)29(45-31)30(40)36-24-12-9-17-38(21(24)2)32(41)34(3,4)19-43-5/h6-8,10-11,13-16,18H,9,12,17,19H2,1-5H3,(H,36,40)(H,37,42). The Balaban J connectivity index is 1.30. The lowest BCUT2D eigenvalue weighted by Crippen LogP contribution is -2.45. The van der Waals surface area contributed by atoms with Crippen LogP contribution in [0.2, 0.25) is 0 Å². The van der Waals surface area contributed by atoms with Crippen LogP contribution in [0.25, 0.3) is 10.2 Å². The number of urea groups is 1. The fourth-order valence-corrected chi connectivity index (χ4v) is 6.88. The number of aromatic nitrogens is 1. The molecule has 0 unspecified atom stereocenters. The van der Waals surface area contributed by atoms with Gasteiger partial charge in [0.1, 0.15) is 21.2 Å². The highest BCUT2D eigenvalue weighted by molar-refractivity contribution is 7.21. The zero-order chi connectivity index (χ0) is 31.9. The lowest BCUT2D eigenvalue weighted by molar-refractivity contribution is -0.141. The molecule has 4 aromatic rings. The van der Waals surface area contributed by atoms with Gasteiger partial charge in [0.25, 0.3) is 5.91 Å². The first-order valence-corrected chi connectivity index (χ1v) is 15.6. The van der Waals surface area contributed by atoms with Crippen LogP contribution >= 0.6 is 11.3 Å². The number of hydrogen-bond acceptors (Lipinski definition) is 7. The van der Waals surface area contributed by atoms with E-state index in [4.69, 9.17) is 9.47 Å². The van der Waals surface area contributed by atoms with E-state index >= 15 is 0 Å². The van der Waals surface area contributed by atoms with Crippen molar-refractivity contribution in [2.45, 2.75) is 40.5 Å². The zero-order valence-corrected chi connectivity index (χ0v) is 26.7. The van der Waals surface area contributed by atoms with Crippen molar-refractivity contribution in [2.24, 2.45) is 5.41 Å². The van der Waals surface area contributed by atoms with E-state index in [1.54, 1.807) is 29.2 Å². The maximum atomic E-state index is 13.8. The Labute approximate surface area is 265 Å². The minimum Gasteiger partial charge on any atom is -0.457 e. The summed E-state index contributed by atoms with van der Waals surface area (Å²) in [6.07, 6.45) is 2.98. The molecule has 45 heavy (non-hydrogen) atoms. The number of pyridine rings is 1. The van der Waals surface area contributed by atoms with Crippen LogP contribution in [-0.2, 0) is 9.53 Å². The molecule has 11 heteroatoms. The van der Waals surface area contributed by atoms with Gasteiger partial charge in [0, 0.05) is 31.2 Å². The summed E-state index contributed by atoms with van der Waals surface area (Å²) in [7, 11) is 1.58. The lowest BCUT2D eigenvalue weighted by atomic mass is 9.91. The zero-order valence-electron chi connectivity index (χ0n) is 25.9. The summed E-state index contributed by atoms with van der Waals surface area (Å²) in [6.45, 7) is 8.34. The van der Waals surface area contributed by atoms with E-state index in [0.717, 1.165) is 11.3 Å². The molecule has 6 rings (SSSR count). The number of anilines is 3. The molecule has 0 fully saturated rings. The van der Waals surface area contributed by atoms with Crippen LogP contribution in [0.15, 0.2) is 72.2 Å². The molecule has 0 saturated heterocycles. The molecule has 4 amide bonds. The second kappa shape index (κ2) is 12.0. The third-order valence-electron chi connectivity index (χ3n) is 8.08. The molecule has 0 aliphatic carbocycles. The van der Waals surface area contributed by atoms with Crippen molar-refractivity contribution < 1.29 is 23.9 Å². The number of rotatable bonds is 8. The minimum absolute atomic E-state index is 0.0543. The molecule has 2 N–H and O–H groups in total. The molecular formula is C34H35N5O5S. The van der Waals surface area contributed by atoms with Crippen LogP contribution in [-0.4, -0.2) is 48.0 Å². The van der Waals surface area contributed by atoms with Gasteiger partial charge in [0.15, 0.2) is 0 Å². The normalized spacial score (nSPS) is 14.9. The summed E-state index contributed by atoms with van der Waals surface area (Å²) in [5, 5.41) is 6.71. The average molecular weight is 626 g/mol. The van der Waals surface area contributed by atoms with Gasteiger partial charge < -0.3 is 25.0 Å². The number of allylic oxidation sites excluding steroid dienone is 2. The summed E-state index contributed by atoms with van der Waals surface area (Å²) < 4.78 is 11.3. The molecule has 0 bridgehead atoms. The van der Waals surface area contributed by atoms with E-state index in [-0.39, 0.29) is 17.8 Å². The highest BCUT2D eigenvalue weighted by Crippen LogP contribution is 2.46. The van der Waals surface area contributed by atoms with Crippen molar-refractivity contribution >= 4 is 56.5 Å². The molecule has 0 radical (unpaired) electrons. The first-order valence-electron chi connectivity index (χ1n) is 14.8. The van der Waals surface area contributed by atoms with Crippen molar-refractivity contribution in [1.29, 1.82) is 0 Å². The topological polar surface area (TPSA) is 113 Å². The SMILES string of the molecule is COCC(C)(C)C(=O)N1CCCC(NC(=O)c2sc3nccc4c3c2NC(=O)N4c2ccc(Oc3ccccc3)cc2C)=C1C. The van der Waals surface area contributed by atoms with Gasteiger partial charge in [-0.3, -0.25) is 14.5 Å². The highest BCUT2D eigenvalue weighted by atomic mass is 32.1. The Hall–Kier alpha value is -4.74. The minimum atomic E-state index is -0.704. The summed E-state index contributed by atoms with van der Waals surface area (Å²) in [5.41, 5.74) is 3.29. The lowest BCUT2D eigenvalue weighted by Gasteiger charge is -2.36. The molecule has 4 heterocycles. The number of carbonyl (C=O) groups excluding carboxylic acids is 3. The van der Waals surface area contributed by atoms with Gasteiger partial charge in [-0.2, -0.15) is 0 Å². The van der Waals surface area contributed by atoms with E-state index in [9.17, 15) is 14.4 Å². The summed E-state index contributed by atoms with van der Waals surface area (Å²) in [4.78, 5) is 49.6. The van der Waals surface area contributed by atoms with Gasteiger partial charge in [0.2, 0.25) is 5.91 Å². The monoisotopic (exact) mass is 625 g/mol. The molecule has 2 aliphatic rings. The van der Waals surface area contributed by atoms with Crippen molar-refractivity contribution in [3.05, 3.63) is 82.6 Å². The number of para-hydroxylation sites is 1. The van der Waals surface area contributed by atoms with Crippen LogP contribution in [0.1, 0.15) is 48.8 Å². The van der Waals surface area contributed by atoms with Crippen molar-refractivity contribution in [2.75, 3.05) is 30.5 Å². The van der Waals surface area contributed by atoms with Crippen LogP contribution in [0.5, 0.6) is 11.5 Å². The predicted octanol–water partition coefficient (Wildman–Crippen LogP) is 7.34. The number of methoxy groups -OCH3 is 1. The van der Waals surface area contributed by atoms with Gasteiger partial charge >= 0.3 is 6.03 Å². The number of benzene rings is 2. The van der Waals surface area contributed by atoms with E-state index in [1.165, 1.54) is 11.3 Å². The van der Waals surface area contributed by atoms with Gasteiger partial charge in [-0.25, -0.2) is 9.78 Å². The largest absolute Gasteiger partial charge is 0.457 e. The first kappa shape index (κ1) is 30.3. The van der Waals surface area contributed by atoms with E-state index in [2.05, 4.69) is 15.6 Å². The molecule has 2 aliphatic heterocycles. The Morgan fingerprint density at radius 3 is 2.58 bits per heavy atom. The fraction of sp³-hybridized carbons (Fsp3) is 0.294. The Morgan fingerprint density at radius 1 is 1.07 bits per heavy atom. The Morgan fingerprint density at radius 2 is 1.84 bits per heavy atom. The molecule has 0 atom stereocenters. The smallest absolute Gasteiger partial charge is 0.331 e. The second-order valence-electron chi connectivity index (χ2n) is 11.8. The van der Waals surface area contributed by atoms with E-state index < -0.39 is 5.41 Å². The van der Waals surface area contributed by atoms with E-state index in [1.807, 2.05) is 76.2 Å². The van der Waals surface area contributed by atoms with Crippen LogP contribution < -0.4 is 20.3 Å². The Bertz CT molecular complexity index is 1850. The summed E-state index contributed by atoms with van der Waals surface area (Å²) in [5.74, 6) is 0.968. The maximum absolute atomic E-state index is 13.8. The maximum Gasteiger partial charge on any atom is 0.331 e. The number of thiophene rings is 1. The van der Waals surface area contributed by atoms with Gasteiger partial charge in [-0.15, -0.1) is 11.3 Å². The van der Waals surface area contributed by atoms with Crippen LogP contribution in [0.3, 0.4) is 0 Å². The quantitative estimate of drug-likeness (QED) is 0.212. The first-order chi connectivity index (χ1) is 21.6. The number of nitrogens with zero attached hydrogens (tertiary/aromatic N) is 3. The van der Waals surface area contributed by atoms with Crippen molar-refractivity contribution in [1.82, 2.24) is 15.2 Å². The average Bonchev–Trinajstić information content (AvgIpc) is 3.38. The molecule has 0 saturated carbocycles. The number of hydrogen-bond donors (Lipinski definition) is 2. The molecule has 0 spiro atoms. The number of aryl methyl sites for hydroxylation is 1. The van der Waals surface area contributed by atoms with Crippen LogP contribution in [0.4, 0.5) is 21.9 Å². The van der Waals surface area contributed by atoms with Crippen molar-refractivity contribution in [3.63, 3.8) is 0 Å². The fourth-order valence-electron chi connectivity index (χ4n) is 5.86. The van der Waals surface area contributed by atoms with E-state index in [0.29, 0.717) is 75.3 Å². The number of amides is 4. The number of ether oxygens (including phenoxy) is 2. The number of carbonyl (C=O) groups is 3. The second-order valence-corrected chi connectivity index (χ2v) is 12.8. The third kappa shape index (κ3) is 5.65. The predicted molar refractivity (Wildman–Crippen MR) is 175 cm³/mol. The summed E-state index contributed by atoms with van der Waals surface area (Å²) >= 11 is 1.22.